The number of nitrogens with one attached hydrogen (secondary N) is 2. The first kappa shape index (κ1) is 13.1. The molecule has 1 unspecified atom stereocenters. The molecule has 0 aliphatic rings. The van der Waals surface area contributed by atoms with Crippen molar-refractivity contribution < 1.29 is 8.63 Å². The molecule has 0 aromatic carbocycles. The monoisotopic (exact) mass is 246 g/mol. The molecule has 1 aromatic rings. The second kappa shape index (κ2) is 7.34. The molecule has 0 radical (unpaired) electrons. The van der Waals surface area contributed by atoms with Gasteiger partial charge in [-0.25, -0.2) is 0 Å². The van der Waals surface area contributed by atoms with Gasteiger partial charge in [-0.1, -0.05) is 12.0 Å². The molecule has 7 heteroatoms. The third kappa shape index (κ3) is 5.22. The Labute approximate surface area is 97.7 Å². The van der Waals surface area contributed by atoms with Crippen LogP contribution in [-0.4, -0.2) is 39.5 Å². The van der Waals surface area contributed by atoms with Gasteiger partial charge in [0.05, 0.1) is 6.54 Å². The largest absolute Gasteiger partial charge is 0.407 e. The van der Waals surface area contributed by atoms with Gasteiger partial charge >= 0.3 is 6.01 Å². The molecule has 92 valence electrons. The summed E-state index contributed by atoms with van der Waals surface area (Å²) >= 11 is 0. The predicted octanol–water partition coefficient (Wildman–Crippen LogP) is 0.360. The fourth-order valence-electron chi connectivity index (χ4n) is 1.07. The van der Waals surface area contributed by atoms with Crippen molar-refractivity contribution >= 4 is 16.8 Å². The minimum atomic E-state index is -0.803. The Hall–Kier alpha value is -0.950. The molecule has 1 rings (SSSR count). The summed E-state index contributed by atoms with van der Waals surface area (Å²) in [5.41, 5.74) is 0. The zero-order valence-electron chi connectivity index (χ0n) is 9.65. The maximum Gasteiger partial charge on any atom is 0.315 e. The average Bonchev–Trinajstić information content (AvgIpc) is 2.66. The molecule has 1 heterocycles. The van der Waals surface area contributed by atoms with E-state index in [0.29, 0.717) is 30.7 Å². The highest BCUT2D eigenvalue weighted by molar-refractivity contribution is 7.84. The third-order valence-corrected chi connectivity index (χ3v) is 2.61. The number of hydrogen-bond acceptors (Lipinski definition) is 6. The molecule has 0 bridgehead atoms. The maximum atomic E-state index is 10.8. The fraction of sp³-hybridized carbons (Fsp3) is 0.778. The van der Waals surface area contributed by atoms with Gasteiger partial charge in [-0.3, -0.25) is 4.21 Å². The smallest absolute Gasteiger partial charge is 0.315 e. The van der Waals surface area contributed by atoms with Crippen molar-refractivity contribution in [3.8, 4) is 0 Å². The summed E-state index contributed by atoms with van der Waals surface area (Å²) in [7, 11) is -0.803. The predicted molar refractivity (Wildman–Crippen MR) is 63.7 cm³/mol. The van der Waals surface area contributed by atoms with Crippen molar-refractivity contribution in [2.45, 2.75) is 19.9 Å². The lowest BCUT2D eigenvalue weighted by Crippen LogP contribution is -2.13. The van der Waals surface area contributed by atoms with Crippen LogP contribution in [0.2, 0.25) is 0 Å². The van der Waals surface area contributed by atoms with Gasteiger partial charge in [0.15, 0.2) is 0 Å². The van der Waals surface area contributed by atoms with Crippen LogP contribution in [0.25, 0.3) is 0 Å². The van der Waals surface area contributed by atoms with Crippen LogP contribution in [0.1, 0.15) is 19.2 Å². The van der Waals surface area contributed by atoms with Gasteiger partial charge in [-0.05, 0) is 13.0 Å². The molecule has 2 N–H and O–H groups in total. The van der Waals surface area contributed by atoms with Crippen LogP contribution in [0.5, 0.6) is 0 Å². The lowest BCUT2D eigenvalue weighted by molar-refractivity contribution is 0.477. The van der Waals surface area contributed by atoms with Crippen LogP contribution in [0.3, 0.4) is 0 Å². The van der Waals surface area contributed by atoms with E-state index in [1.165, 1.54) is 0 Å². The standard InChI is InChI=1S/C9H18N4O2S/c1-3-4-10-7-8-12-13-9(15-8)11-5-6-16(2)14/h10H,3-7H2,1-2H3,(H,11,13). The minimum absolute atomic E-state index is 0.388. The zero-order chi connectivity index (χ0) is 11.8. The van der Waals surface area contributed by atoms with Gasteiger partial charge in [-0.2, -0.15) is 0 Å². The Balaban J connectivity index is 2.25. The first-order chi connectivity index (χ1) is 7.72. The second-order valence-electron chi connectivity index (χ2n) is 3.38. The van der Waals surface area contributed by atoms with Gasteiger partial charge in [0, 0.05) is 29.4 Å². The molecular weight excluding hydrogens is 228 g/mol. The van der Waals surface area contributed by atoms with Gasteiger partial charge < -0.3 is 15.1 Å². The van der Waals surface area contributed by atoms with Crippen molar-refractivity contribution in [2.75, 3.05) is 30.4 Å². The molecular formula is C9H18N4O2S. The van der Waals surface area contributed by atoms with E-state index in [0.717, 1.165) is 13.0 Å². The summed E-state index contributed by atoms with van der Waals surface area (Å²) in [6, 6.07) is 0.388. The number of anilines is 1. The summed E-state index contributed by atoms with van der Waals surface area (Å²) in [5, 5.41) is 13.8. The van der Waals surface area contributed by atoms with E-state index >= 15 is 0 Å². The van der Waals surface area contributed by atoms with E-state index in [2.05, 4.69) is 27.8 Å². The molecule has 0 aliphatic carbocycles. The Morgan fingerprint density at radius 2 is 2.19 bits per heavy atom. The van der Waals surface area contributed by atoms with Gasteiger partial charge in [0.2, 0.25) is 5.89 Å². The Kier molecular flexibility index (Phi) is 6.02. The van der Waals surface area contributed by atoms with Crippen molar-refractivity contribution in [3.05, 3.63) is 5.89 Å². The Morgan fingerprint density at radius 3 is 2.88 bits per heavy atom. The van der Waals surface area contributed by atoms with Crippen molar-refractivity contribution in [3.63, 3.8) is 0 Å². The summed E-state index contributed by atoms with van der Waals surface area (Å²) in [5.74, 6) is 1.14. The first-order valence-corrected chi connectivity index (χ1v) is 7.02. The Bertz CT molecular complexity index is 329. The quantitative estimate of drug-likeness (QED) is 0.645. The normalized spacial score (nSPS) is 12.6. The van der Waals surface area contributed by atoms with Crippen molar-refractivity contribution in [1.82, 2.24) is 15.5 Å². The number of rotatable bonds is 8. The average molecular weight is 246 g/mol. The molecule has 0 saturated carbocycles. The van der Waals surface area contributed by atoms with Crippen LogP contribution in [-0.2, 0) is 17.3 Å². The van der Waals surface area contributed by atoms with Crippen LogP contribution < -0.4 is 10.6 Å². The summed E-state index contributed by atoms with van der Waals surface area (Å²) in [6.45, 7) is 4.19. The van der Waals surface area contributed by atoms with Crippen LogP contribution >= 0.6 is 0 Å². The van der Waals surface area contributed by atoms with Crippen molar-refractivity contribution in [1.29, 1.82) is 0 Å². The van der Waals surface area contributed by atoms with Crippen molar-refractivity contribution in [2.24, 2.45) is 0 Å². The third-order valence-electron chi connectivity index (χ3n) is 1.84. The second-order valence-corrected chi connectivity index (χ2v) is 4.94. The highest BCUT2D eigenvalue weighted by atomic mass is 32.2. The SMILES string of the molecule is CCCNCc1nnc(NCCS(C)=O)o1. The van der Waals surface area contributed by atoms with E-state index in [1.807, 2.05) is 0 Å². The van der Waals surface area contributed by atoms with E-state index in [-0.39, 0.29) is 0 Å². The molecule has 0 spiro atoms. The lowest BCUT2D eigenvalue weighted by atomic mass is 10.5. The van der Waals surface area contributed by atoms with Gasteiger partial charge in [0.1, 0.15) is 0 Å². The molecule has 16 heavy (non-hydrogen) atoms. The van der Waals surface area contributed by atoms with E-state index in [9.17, 15) is 4.21 Å². The van der Waals surface area contributed by atoms with Crippen LogP contribution in [0.15, 0.2) is 4.42 Å². The minimum Gasteiger partial charge on any atom is -0.407 e. The first-order valence-electron chi connectivity index (χ1n) is 5.29. The number of aromatic nitrogens is 2. The maximum absolute atomic E-state index is 10.8. The summed E-state index contributed by atoms with van der Waals surface area (Å²) in [4.78, 5) is 0. The number of nitrogens with zero attached hydrogens (tertiary/aromatic N) is 2. The summed E-state index contributed by atoms with van der Waals surface area (Å²) < 4.78 is 16.1. The molecule has 0 amide bonds. The fourth-order valence-corrected chi connectivity index (χ4v) is 1.46. The van der Waals surface area contributed by atoms with Gasteiger partial charge in [-0.15, -0.1) is 5.10 Å². The van der Waals surface area contributed by atoms with E-state index in [4.69, 9.17) is 4.42 Å². The molecule has 1 aromatic heterocycles. The zero-order valence-corrected chi connectivity index (χ0v) is 10.5. The van der Waals surface area contributed by atoms with E-state index < -0.39 is 10.8 Å². The molecule has 1 atom stereocenters. The topological polar surface area (TPSA) is 80.0 Å². The molecule has 0 saturated heterocycles. The molecule has 0 aliphatic heterocycles. The van der Waals surface area contributed by atoms with E-state index in [1.54, 1.807) is 6.26 Å². The lowest BCUT2D eigenvalue weighted by Gasteiger charge is -1.98. The number of hydrogen-bond donors (Lipinski definition) is 2. The van der Waals surface area contributed by atoms with Crippen LogP contribution in [0.4, 0.5) is 6.01 Å². The highest BCUT2D eigenvalue weighted by Gasteiger charge is 2.04. The van der Waals surface area contributed by atoms with Gasteiger partial charge in [0.25, 0.3) is 0 Å². The molecule has 0 fully saturated rings. The summed E-state index contributed by atoms with van der Waals surface area (Å²) in [6.07, 6.45) is 2.73. The Morgan fingerprint density at radius 1 is 1.38 bits per heavy atom. The van der Waals surface area contributed by atoms with Crippen LogP contribution in [0, 0.1) is 0 Å². The molecule has 6 nitrogen and oxygen atoms in total. The highest BCUT2D eigenvalue weighted by Crippen LogP contribution is 2.04.